The fourth-order valence-corrected chi connectivity index (χ4v) is 11.3. The van der Waals surface area contributed by atoms with E-state index in [0.717, 1.165) is 6.42 Å². The molecule has 1 unspecified atom stereocenters. The predicted octanol–water partition coefficient (Wildman–Crippen LogP) is 8.58. The molecule has 2 aliphatic rings. The third kappa shape index (κ3) is 5.74. The fraction of sp³-hybridized carbons (Fsp3) is 0.200. The number of hydrogen-bond donors (Lipinski definition) is 0. The largest absolute Gasteiger partial charge is 0.116 e. The smallest absolute Gasteiger partial charge is 0.0174 e. The summed E-state index contributed by atoms with van der Waals surface area (Å²) in [5.74, 6) is 0. The Morgan fingerprint density at radius 1 is 0.730 bits per heavy atom. The summed E-state index contributed by atoms with van der Waals surface area (Å²) in [5, 5.41) is 7.32. The van der Waals surface area contributed by atoms with E-state index >= 15 is 0 Å². The molecule has 0 bridgehead atoms. The van der Waals surface area contributed by atoms with Gasteiger partial charge in [0.05, 0.1) is 0 Å². The van der Waals surface area contributed by atoms with E-state index in [1.165, 1.54) is 54.4 Å². The van der Waals surface area contributed by atoms with Crippen LogP contribution in [0.3, 0.4) is 0 Å². The Morgan fingerprint density at radius 2 is 1.32 bits per heavy atom. The van der Waals surface area contributed by atoms with E-state index in [2.05, 4.69) is 144 Å². The van der Waals surface area contributed by atoms with Crippen molar-refractivity contribution in [3.8, 4) is 0 Å². The van der Waals surface area contributed by atoms with E-state index in [1.54, 1.807) is 0 Å². The highest BCUT2D eigenvalue weighted by Gasteiger charge is 2.32. The normalized spacial score (nSPS) is 16.4. The molecule has 3 aromatic rings. The molecule has 0 N–H and O–H groups in total. The average Bonchev–Trinajstić information content (AvgIpc) is 3.34. The van der Waals surface area contributed by atoms with Gasteiger partial charge >= 0.3 is 0 Å². The quantitative estimate of drug-likeness (QED) is 0.218. The van der Waals surface area contributed by atoms with Crippen LogP contribution in [0.5, 0.6) is 0 Å². The van der Waals surface area contributed by atoms with Crippen LogP contribution in [-0.4, -0.2) is 5.66 Å². The summed E-state index contributed by atoms with van der Waals surface area (Å²) in [6.45, 7) is 11.3. The molecule has 0 saturated carbocycles. The first-order chi connectivity index (χ1) is 17.9. The van der Waals surface area contributed by atoms with Gasteiger partial charge in [-0.05, 0) is 88.7 Å². The monoisotopic (exact) mass is 517 g/mol. The highest BCUT2D eigenvalue weighted by atomic mass is 31.1. The Balaban J connectivity index is 1.61. The molecule has 3 aromatic carbocycles. The molecule has 37 heavy (non-hydrogen) atoms. The minimum atomic E-state index is -0.617. The van der Waals surface area contributed by atoms with Crippen molar-refractivity contribution in [2.45, 2.75) is 46.7 Å². The Kier molecular flexibility index (Phi) is 7.93. The first kappa shape index (κ1) is 25.9. The highest BCUT2D eigenvalue weighted by Crippen LogP contribution is 2.60. The summed E-state index contributed by atoms with van der Waals surface area (Å²) in [4.78, 5) is 0. The van der Waals surface area contributed by atoms with Crippen molar-refractivity contribution in [2.24, 2.45) is 0 Å². The lowest BCUT2D eigenvalue weighted by molar-refractivity contribution is 1.16. The zero-order valence-electron chi connectivity index (χ0n) is 22.5. The average molecular weight is 518 g/mol. The summed E-state index contributed by atoms with van der Waals surface area (Å²) < 4.78 is 0. The zero-order chi connectivity index (χ0) is 25.9. The van der Waals surface area contributed by atoms with Gasteiger partial charge in [-0.15, -0.1) is 5.73 Å². The lowest BCUT2D eigenvalue weighted by Crippen LogP contribution is -2.23. The molecule has 0 aromatic heterocycles. The third-order valence-corrected chi connectivity index (χ3v) is 12.2. The molecule has 1 radical (unpaired) electrons. The van der Waals surface area contributed by atoms with Gasteiger partial charge in [0, 0.05) is 17.7 Å². The van der Waals surface area contributed by atoms with Crippen molar-refractivity contribution in [3.05, 3.63) is 148 Å². The summed E-state index contributed by atoms with van der Waals surface area (Å²) >= 11 is 0. The van der Waals surface area contributed by atoms with Gasteiger partial charge in [-0.25, -0.2) is 0 Å². The molecule has 2 aliphatic carbocycles. The number of rotatable bonds is 7. The van der Waals surface area contributed by atoms with E-state index in [1.807, 2.05) is 0 Å². The van der Waals surface area contributed by atoms with Gasteiger partial charge in [0.25, 0.3) is 0 Å². The van der Waals surface area contributed by atoms with Gasteiger partial charge in [-0.1, -0.05) is 114 Å². The fourth-order valence-electron chi connectivity index (χ4n) is 5.51. The molecule has 0 aliphatic heterocycles. The molecule has 0 spiro atoms. The molecular formula is C35H35P2. The van der Waals surface area contributed by atoms with E-state index in [4.69, 9.17) is 0 Å². The number of benzene rings is 3. The van der Waals surface area contributed by atoms with Crippen molar-refractivity contribution in [1.29, 1.82) is 0 Å². The van der Waals surface area contributed by atoms with Crippen LogP contribution in [0.2, 0.25) is 0 Å². The van der Waals surface area contributed by atoms with Crippen LogP contribution in [0.15, 0.2) is 119 Å². The summed E-state index contributed by atoms with van der Waals surface area (Å²) in [6, 6.07) is 25.3. The molecule has 2 atom stereocenters. The molecule has 0 nitrogen and oxygen atoms in total. The topological polar surface area (TPSA) is 0 Å². The molecule has 185 valence electrons. The molecule has 0 saturated heterocycles. The summed E-state index contributed by atoms with van der Waals surface area (Å²) in [6.07, 6.45) is 14.5. The second kappa shape index (κ2) is 11.3. The number of aryl methyl sites for hydroxylation is 4. The van der Waals surface area contributed by atoms with Crippen molar-refractivity contribution < 1.29 is 0 Å². The second-order valence-corrected chi connectivity index (χ2v) is 15.0. The Bertz CT molecular complexity index is 1370. The third-order valence-electron chi connectivity index (χ3n) is 6.94. The van der Waals surface area contributed by atoms with Gasteiger partial charge < -0.3 is 0 Å². The van der Waals surface area contributed by atoms with Gasteiger partial charge in [-0.3, -0.25) is 0 Å². The molecule has 5 rings (SSSR count). The maximum atomic E-state index is 3.75. The number of hydrogen-bond acceptors (Lipinski definition) is 0. The van der Waals surface area contributed by atoms with E-state index in [9.17, 15) is 0 Å². The van der Waals surface area contributed by atoms with E-state index in [0.29, 0.717) is 5.66 Å². The molecule has 2 heteroatoms. The van der Waals surface area contributed by atoms with Crippen LogP contribution in [-0.2, 0) is 0 Å². The molecule has 0 amide bonds. The van der Waals surface area contributed by atoms with Crippen molar-refractivity contribution in [1.82, 2.24) is 0 Å². The van der Waals surface area contributed by atoms with Gasteiger partial charge in [0.1, 0.15) is 0 Å². The Labute approximate surface area is 225 Å². The van der Waals surface area contributed by atoms with Crippen molar-refractivity contribution in [2.75, 3.05) is 0 Å². The van der Waals surface area contributed by atoms with Gasteiger partial charge in [0.2, 0.25) is 0 Å². The van der Waals surface area contributed by atoms with Crippen molar-refractivity contribution in [3.63, 3.8) is 0 Å². The maximum absolute atomic E-state index is 3.75. The Morgan fingerprint density at radius 3 is 1.86 bits per heavy atom. The lowest BCUT2D eigenvalue weighted by atomic mass is 10.2. The molecule has 0 fully saturated rings. The Hall–Kier alpha value is -2.74. The zero-order valence-corrected chi connectivity index (χ0v) is 24.3. The maximum Gasteiger partial charge on any atom is 0.0174 e. The van der Waals surface area contributed by atoms with Crippen LogP contribution < -0.4 is 15.9 Å². The number of allylic oxidation sites excluding steroid dienone is 7. The predicted molar refractivity (Wildman–Crippen MR) is 166 cm³/mol. The van der Waals surface area contributed by atoms with Crippen LogP contribution >= 0.6 is 15.8 Å². The molecular weight excluding hydrogens is 482 g/mol. The standard InChI is InChI=1S/C35H35P2/c1-25-19-26(2)22-32(21-25)36(33-23-27(3)20-28(4)24-33)29(5)34-17-12-18-35(34)37(30-13-8-6-9-14-30)31-15-10-7-11-16-31/h6-15,18-24,29H,16H2,1-5H3/t29-,37?/m0/s1. The lowest BCUT2D eigenvalue weighted by Gasteiger charge is -2.32. The van der Waals surface area contributed by atoms with Crippen LogP contribution in [0.1, 0.15) is 35.6 Å². The van der Waals surface area contributed by atoms with E-state index < -0.39 is 15.8 Å². The van der Waals surface area contributed by atoms with Crippen LogP contribution in [0.25, 0.3) is 0 Å². The minimum Gasteiger partial charge on any atom is -0.116 e. The highest BCUT2D eigenvalue weighted by molar-refractivity contribution is 7.75. The van der Waals surface area contributed by atoms with Gasteiger partial charge in [-0.2, -0.15) is 0 Å². The van der Waals surface area contributed by atoms with Gasteiger partial charge in [0.15, 0.2) is 0 Å². The minimum absolute atomic E-state index is 0.347. The van der Waals surface area contributed by atoms with Crippen molar-refractivity contribution >= 4 is 31.8 Å². The summed E-state index contributed by atoms with van der Waals surface area (Å²) in [7, 11) is -1.23. The molecule has 0 heterocycles. The van der Waals surface area contributed by atoms with Crippen LogP contribution in [0.4, 0.5) is 0 Å². The SMILES string of the molecule is Cc1cc(C)cc(P(c2cc(C)cc(C)c2)[C@@H](C)C2=C=CC=C2P(C2=C[CH]C=CC2)c2ccccc2)c1. The van der Waals surface area contributed by atoms with E-state index in [-0.39, 0.29) is 0 Å². The van der Waals surface area contributed by atoms with Crippen LogP contribution in [0, 0.1) is 34.1 Å². The summed E-state index contributed by atoms with van der Waals surface area (Å²) in [5.41, 5.74) is 10.8. The second-order valence-electron chi connectivity index (χ2n) is 10.2. The first-order valence-electron chi connectivity index (χ1n) is 13.1. The first-order valence-corrected chi connectivity index (χ1v) is 15.8.